The van der Waals surface area contributed by atoms with Crippen molar-refractivity contribution in [3.05, 3.63) is 57.6 Å². The van der Waals surface area contributed by atoms with Gasteiger partial charge in [-0.25, -0.2) is 0 Å². The minimum absolute atomic E-state index is 0.0589. The molecule has 1 aliphatic rings. The molecule has 0 radical (unpaired) electrons. The Kier molecular flexibility index (Phi) is 6.32. The molecule has 0 aliphatic carbocycles. The van der Waals surface area contributed by atoms with Gasteiger partial charge in [0.1, 0.15) is 5.75 Å². The van der Waals surface area contributed by atoms with E-state index in [1.54, 1.807) is 0 Å². The molecule has 0 unspecified atom stereocenters. The molecule has 11 heteroatoms. The van der Waals surface area contributed by atoms with E-state index in [-0.39, 0.29) is 11.5 Å². The van der Waals surface area contributed by atoms with E-state index in [4.69, 9.17) is 4.74 Å². The smallest absolute Gasteiger partial charge is 0.500 e. The summed E-state index contributed by atoms with van der Waals surface area (Å²) in [5, 5.41) is 24.7. The number of alkyl halides is 3. The number of nitrogens with zero attached hydrogens (tertiary/aromatic N) is 2. The van der Waals surface area contributed by atoms with E-state index in [0.29, 0.717) is 37.3 Å². The summed E-state index contributed by atoms with van der Waals surface area (Å²) in [5.41, 5.74) is 0.581. The van der Waals surface area contributed by atoms with Gasteiger partial charge < -0.3 is 19.9 Å². The number of benzene rings is 2. The second-order valence-electron chi connectivity index (χ2n) is 6.65. The number of hydrogen-bond donors (Lipinski definition) is 2. The zero-order chi connectivity index (χ0) is 21.9. The first-order valence-electron chi connectivity index (χ1n) is 9.05. The third-order valence-corrected chi connectivity index (χ3v) is 4.76. The van der Waals surface area contributed by atoms with Crippen molar-refractivity contribution in [1.29, 1.82) is 0 Å². The van der Waals surface area contributed by atoms with Crippen LogP contribution in [0.3, 0.4) is 0 Å². The summed E-state index contributed by atoms with van der Waals surface area (Å²) < 4.78 is 46.4. The maximum Gasteiger partial charge on any atom is 0.573 e. The van der Waals surface area contributed by atoms with Gasteiger partial charge in [0.25, 0.3) is 0 Å². The molecule has 0 aromatic heterocycles. The highest BCUT2D eigenvalue weighted by atomic mass is 19.4. The van der Waals surface area contributed by atoms with Crippen LogP contribution in [0.2, 0.25) is 0 Å². The fourth-order valence-electron chi connectivity index (χ4n) is 3.47. The lowest BCUT2D eigenvalue weighted by Crippen LogP contribution is -2.45. The number of halogens is 3. The standard InChI is InChI=1S/C19H20F3N3O5/c1-29-16-11-13(10-15(18(16)26)25(27)28)17(24-8-6-23-7-9-24)12-2-4-14(5-3-12)30-19(20,21)22/h2-5,10-11,17,23,26H,6-9H2,1H3/t17-/m0/s1. The van der Waals surface area contributed by atoms with Crippen molar-refractivity contribution < 1.29 is 32.7 Å². The summed E-state index contributed by atoms with van der Waals surface area (Å²) in [6.45, 7) is 2.59. The highest BCUT2D eigenvalue weighted by Crippen LogP contribution is 2.41. The van der Waals surface area contributed by atoms with Gasteiger partial charge in [-0.05, 0) is 29.3 Å². The Morgan fingerprint density at radius 1 is 1.17 bits per heavy atom. The molecule has 3 rings (SSSR count). The Hall–Kier alpha value is -3.05. The first-order chi connectivity index (χ1) is 14.2. The second kappa shape index (κ2) is 8.76. The number of rotatable bonds is 6. The topological polar surface area (TPSA) is 97.1 Å². The lowest BCUT2D eigenvalue weighted by molar-refractivity contribution is -0.386. The van der Waals surface area contributed by atoms with Crippen LogP contribution in [-0.4, -0.2) is 54.6 Å². The zero-order valence-electron chi connectivity index (χ0n) is 16.0. The minimum atomic E-state index is -4.80. The van der Waals surface area contributed by atoms with Crippen LogP contribution >= 0.6 is 0 Å². The lowest BCUT2D eigenvalue weighted by atomic mass is 9.95. The van der Waals surface area contributed by atoms with E-state index >= 15 is 0 Å². The quantitative estimate of drug-likeness (QED) is 0.540. The lowest BCUT2D eigenvalue weighted by Gasteiger charge is -2.35. The first kappa shape index (κ1) is 21.7. The Morgan fingerprint density at radius 3 is 2.33 bits per heavy atom. The maximum atomic E-state index is 12.5. The average Bonchev–Trinajstić information content (AvgIpc) is 2.70. The van der Waals surface area contributed by atoms with Gasteiger partial charge in [-0.1, -0.05) is 12.1 Å². The first-order valence-corrected chi connectivity index (χ1v) is 9.05. The van der Waals surface area contributed by atoms with Crippen molar-refractivity contribution >= 4 is 5.69 Å². The van der Waals surface area contributed by atoms with Gasteiger partial charge >= 0.3 is 12.0 Å². The van der Waals surface area contributed by atoms with E-state index in [9.17, 15) is 28.4 Å². The number of nitro benzene ring substituents is 1. The molecule has 0 amide bonds. The molecule has 0 saturated carbocycles. The molecule has 1 fully saturated rings. The number of hydrogen-bond acceptors (Lipinski definition) is 7. The molecular weight excluding hydrogens is 407 g/mol. The minimum Gasteiger partial charge on any atom is -0.500 e. The van der Waals surface area contributed by atoms with E-state index < -0.39 is 28.8 Å². The number of phenolic OH excluding ortho intramolecular Hbond substituents is 1. The summed E-state index contributed by atoms with van der Waals surface area (Å²) in [4.78, 5) is 12.7. The van der Waals surface area contributed by atoms with Gasteiger partial charge in [0, 0.05) is 32.2 Å². The van der Waals surface area contributed by atoms with Gasteiger partial charge in [0.2, 0.25) is 5.75 Å². The Balaban J connectivity index is 2.06. The Bertz CT molecular complexity index is 900. The number of nitrogens with one attached hydrogen (secondary N) is 1. The van der Waals surface area contributed by atoms with Gasteiger partial charge in [-0.2, -0.15) is 0 Å². The highest BCUT2D eigenvalue weighted by molar-refractivity contribution is 5.58. The largest absolute Gasteiger partial charge is 0.573 e. The summed E-state index contributed by atoms with van der Waals surface area (Å²) in [6.07, 6.45) is -4.80. The fraction of sp³-hybridized carbons (Fsp3) is 0.368. The Labute approximate surface area is 170 Å². The van der Waals surface area contributed by atoms with Gasteiger partial charge in [0.15, 0.2) is 5.75 Å². The molecule has 30 heavy (non-hydrogen) atoms. The van der Waals surface area contributed by atoms with E-state index in [2.05, 4.69) is 10.1 Å². The predicted molar refractivity (Wildman–Crippen MR) is 101 cm³/mol. The summed E-state index contributed by atoms with van der Waals surface area (Å²) >= 11 is 0. The molecule has 1 atom stereocenters. The number of nitro groups is 1. The normalized spacial score (nSPS) is 16.1. The van der Waals surface area contributed by atoms with Crippen LogP contribution < -0.4 is 14.8 Å². The average molecular weight is 427 g/mol. The summed E-state index contributed by atoms with van der Waals surface area (Å²) in [7, 11) is 1.28. The van der Waals surface area contributed by atoms with Gasteiger partial charge in [-0.15, -0.1) is 13.2 Å². The van der Waals surface area contributed by atoms with Crippen molar-refractivity contribution in [3.8, 4) is 17.2 Å². The third kappa shape index (κ3) is 4.92. The second-order valence-corrected chi connectivity index (χ2v) is 6.65. The monoisotopic (exact) mass is 427 g/mol. The molecule has 0 spiro atoms. The fourth-order valence-corrected chi connectivity index (χ4v) is 3.47. The third-order valence-electron chi connectivity index (χ3n) is 4.76. The molecule has 2 N–H and O–H groups in total. The van der Waals surface area contributed by atoms with Crippen LogP contribution in [0.4, 0.5) is 18.9 Å². The number of aromatic hydroxyl groups is 1. The van der Waals surface area contributed by atoms with E-state index in [1.165, 1.54) is 43.5 Å². The number of phenols is 1. The van der Waals surface area contributed by atoms with Crippen LogP contribution in [0, 0.1) is 10.1 Å². The zero-order valence-corrected chi connectivity index (χ0v) is 16.0. The van der Waals surface area contributed by atoms with Crippen LogP contribution in [-0.2, 0) is 0 Å². The molecule has 1 aliphatic heterocycles. The van der Waals surface area contributed by atoms with Gasteiger partial charge in [-0.3, -0.25) is 15.0 Å². The predicted octanol–water partition coefficient (Wildman–Crippen LogP) is 3.20. The molecule has 2 aromatic rings. The van der Waals surface area contributed by atoms with Crippen molar-refractivity contribution in [1.82, 2.24) is 10.2 Å². The van der Waals surface area contributed by atoms with Crippen LogP contribution in [0.25, 0.3) is 0 Å². The number of ether oxygens (including phenoxy) is 2. The van der Waals surface area contributed by atoms with E-state index in [1.807, 2.05) is 4.90 Å². The number of methoxy groups -OCH3 is 1. The molecule has 1 heterocycles. The van der Waals surface area contributed by atoms with Crippen LogP contribution in [0.15, 0.2) is 36.4 Å². The SMILES string of the molecule is COc1cc([C@H](c2ccc(OC(F)(F)F)cc2)N2CCNCC2)cc([N+](=O)[O-])c1O. The van der Waals surface area contributed by atoms with Crippen molar-refractivity contribution in [2.75, 3.05) is 33.3 Å². The van der Waals surface area contributed by atoms with E-state index in [0.717, 1.165) is 0 Å². The Morgan fingerprint density at radius 2 is 1.80 bits per heavy atom. The van der Waals surface area contributed by atoms with Crippen molar-refractivity contribution in [3.63, 3.8) is 0 Å². The van der Waals surface area contributed by atoms with Gasteiger partial charge in [0.05, 0.1) is 18.1 Å². The number of piperazine rings is 1. The summed E-state index contributed by atoms with van der Waals surface area (Å²) in [5.74, 6) is -1.00. The molecule has 8 nitrogen and oxygen atoms in total. The molecule has 1 saturated heterocycles. The van der Waals surface area contributed by atoms with Crippen molar-refractivity contribution in [2.45, 2.75) is 12.4 Å². The molecular formula is C19H20F3N3O5. The molecule has 0 bridgehead atoms. The maximum absolute atomic E-state index is 12.5. The highest BCUT2D eigenvalue weighted by Gasteiger charge is 2.32. The summed E-state index contributed by atoms with van der Waals surface area (Å²) in [6, 6.07) is 7.62. The van der Waals surface area contributed by atoms with Crippen LogP contribution in [0.5, 0.6) is 17.2 Å². The molecule has 162 valence electrons. The molecule has 2 aromatic carbocycles. The van der Waals surface area contributed by atoms with Crippen molar-refractivity contribution in [2.24, 2.45) is 0 Å². The van der Waals surface area contributed by atoms with Crippen LogP contribution in [0.1, 0.15) is 17.2 Å².